The van der Waals surface area contributed by atoms with E-state index in [2.05, 4.69) is 20.3 Å². The number of carbonyl (C=O) groups is 2. The number of hydrogen-bond donors (Lipinski definition) is 2. The van der Waals surface area contributed by atoms with Crippen molar-refractivity contribution in [3.63, 3.8) is 0 Å². The maximum atomic E-state index is 12.5. The third kappa shape index (κ3) is 8.61. The van der Waals surface area contributed by atoms with E-state index < -0.39 is 6.36 Å². The monoisotopic (exact) mass is 429 g/mol. The van der Waals surface area contributed by atoms with Crippen molar-refractivity contribution in [1.29, 1.82) is 0 Å². The Morgan fingerprint density at radius 1 is 1.07 bits per heavy atom. The van der Waals surface area contributed by atoms with E-state index in [4.69, 9.17) is 0 Å². The first-order chi connectivity index (χ1) is 14.1. The molecule has 1 saturated carbocycles. The van der Waals surface area contributed by atoms with E-state index in [1.807, 2.05) is 14.1 Å². The van der Waals surface area contributed by atoms with Crippen LogP contribution >= 0.6 is 0 Å². The molecule has 0 aromatic heterocycles. The van der Waals surface area contributed by atoms with Gasteiger partial charge >= 0.3 is 6.36 Å². The zero-order chi connectivity index (χ0) is 22.2. The minimum absolute atomic E-state index is 0.0443. The number of carbonyl (C=O) groups excluding carboxylic acids is 2. The molecule has 2 N–H and O–H groups in total. The van der Waals surface area contributed by atoms with Gasteiger partial charge in [-0.3, -0.25) is 9.59 Å². The Kier molecular flexibility index (Phi) is 8.52. The predicted molar refractivity (Wildman–Crippen MR) is 108 cm³/mol. The lowest BCUT2D eigenvalue weighted by Gasteiger charge is -2.28. The summed E-state index contributed by atoms with van der Waals surface area (Å²) in [6, 6.07) is 5.01. The van der Waals surface area contributed by atoms with Crippen molar-refractivity contribution in [2.45, 2.75) is 51.3 Å². The average Bonchev–Trinajstić information content (AvgIpc) is 3.06. The van der Waals surface area contributed by atoms with Gasteiger partial charge in [-0.25, -0.2) is 0 Å². The standard InChI is InChI=1S/C21H30F3N3O3/c1-27(2)13-5-12-25-18(28)14-20(10-3-4-11-20)15-19(29)26-16-6-8-17(9-7-16)30-21(22,23)24/h6-9H,3-5,10-15H2,1-2H3,(H,25,28)(H,26,29). The lowest BCUT2D eigenvalue weighted by atomic mass is 9.79. The Balaban J connectivity index is 1.86. The summed E-state index contributed by atoms with van der Waals surface area (Å²) < 4.78 is 40.5. The zero-order valence-corrected chi connectivity index (χ0v) is 17.5. The van der Waals surface area contributed by atoms with Crippen LogP contribution in [0.2, 0.25) is 0 Å². The van der Waals surface area contributed by atoms with E-state index in [1.165, 1.54) is 12.1 Å². The van der Waals surface area contributed by atoms with Gasteiger partial charge in [0.2, 0.25) is 11.8 Å². The van der Waals surface area contributed by atoms with Gasteiger partial charge in [0.15, 0.2) is 0 Å². The molecule has 0 radical (unpaired) electrons. The molecular weight excluding hydrogens is 399 g/mol. The van der Waals surface area contributed by atoms with E-state index in [0.29, 0.717) is 18.7 Å². The Bertz CT molecular complexity index is 700. The lowest BCUT2D eigenvalue weighted by Crippen LogP contribution is -2.34. The van der Waals surface area contributed by atoms with Crippen LogP contribution in [0.4, 0.5) is 18.9 Å². The number of amides is 2. The van der Waals surface area contributed by atoms with Crippen molar-refractivity contribution in [2.24, 2.45) is 5.41 Å². The maximum Gasteiger partial charge on any atom is 0.573 e. The summed E-state index contributed by atoms with van der Waals surface area (Å²) in [5, 5.41) is 5.64. The smallest absolute Gasteiger partial charge is 0.406 e. The van der Waals surface area contributed by atoms with E-state index in [-0.39, 0.29) is 29.4 Å². The van der Waals surface area contributed by atoms with Crippen LogP contribution in [0, 0.1) is 5.41 Å². The Hall–Kier alpha value is -2.29. The van der Waals surface area contributed by atoms with E-state index in [0.717, 1.165) is 50.8 Å². The van der Waals surface area contributed by atoms with Gasteiger partial charge < -0.3 is 20.3 Å². The van der Waals surface area contributed by atoms with Crippen molar-refractivity contribution >= 4 is 17.5 Å². The number of halogens is 3. The summed E-state index contributed by atoms with van der Waals surface area (Å²) in [7, 11) is 3.95. The molecule has 0 aliphatic heterocycles. The molecule has 0 spiro atoms. The first kappa shape index (κ1) is 24.0. The number of hydrogen-bond acceptors (Lipinski definition) is 4. The van der Waals surface area contributed by atoms with Crippen LogP contribution in [0.15, 0.2) is 24.3 Å². The van der Waals surface area contributed by atoms with E-state index >= 15 is 0 Å². The van der Waals surface area contributed by atoms with Crippen LogP contribution in [-0.4, -0.2) is 50.3 Å². The summed E-state index contributed by atoms with van der Waals surface area (Å²) in [5.74, 6) is -0.641. The molecule has 2 amide bonds. The summed E-state index contributed by atoms with van der Waals surface area (Å²) >= 11 is 0. The van der Waals surface area contributed by atoms with Crippen molar-refractivity contribution in [3.05, 3.63) is 24.3 Å². The second-order valence-electron chi connectivity index (χ2n) is 8.19. The molecular formula is C21H30F3N3O3. The summed E-state index contributed by atoms with van der Waals surface area (Å²) in [6.07, 6.45) is 0.190. The van der Waals surface area contributed by atoms with Crippen molar-refractivity contribution in [3.8, 4) is 5.75 Å². The van der Waals surface area contributed by atoms with Gasteiger partial charge in [0, 0.05) is 25.1 Å². The molecule has 0 heterocycles. The van der Waals surface area contributed by atoms with E-state index in [1.54, 1.807) is 0 Å². The van der Waals surface area contributed by atoms with Crippen LogP contribution in [0.1, 0.15) is 44.9 Å². The van der Waals surface area contributed by atoms with Crippen LogP contribution in [0.5, 0.6) is 5.75 Å². The molecule has 0 bridgehead atoms. The van der Waals surface area contributed by atoms with Gasteiger partial charge in [-0.15, -0.1) is 13.2 Å². The molecule has 1 aliphatic carbocycles. The Morgan fingerprint density at radius 2 is 1.67 bits per heavy atom. The summed E-state index contributed by atoms with van der Waals surface area (Å²) in [4.78, 5) is 27.0. The molecule has 2 rings (SSSR count). The highest BCUT2D eigenvalue weighted by Gasteiger charge is 2.38. The lowest BCUT2D eigenvalue weighted by molar-refractivity contribution is -0.274. The first-order valence-corrected chi connectivity index (χ1v) is 10.1. The van der Waals surface area contributed by atoms with Gasteiger partial charge in [0.05, 0.1) is 0 Å². The fourth-order valence-electron chi connectivity index (χ4n) is 3.85. The van der Waals surface area contributed by atoms with Crippen LogP contribution in [0.3, 0.4) is 0 Å². The molecule has 1 fully saturated rings. The largest absolute Gasteiger partial charge is 0.573 e. The van der Waals surface area contributed by atoms with Crippen LogP contribution in [0.25, 0.3) is 0 Å². The highest BCUT2D eigenvalue weighted by atomic mass is 19.4. The molecule has 6 nitrogen and oxygen atoms in total. The fourth-order valence-corrected chi connectivity index (χ4v) is 3.85. The maximum absolute atomic E-state index is 12.5. The summed E-state index contributed by atoms with van der Waals surface area (Å²) in [6.45, 7) is 1.49. The fraction of sp³-hybridized carbons (Fsp3) is 0.619. The Labute approximate surface area is 175 Å². The third-order valence-electron chi connectivity index (χ3n) is 5.21. The SMILES string of the molecule is CN(C)CCCNC(=O)CC1(CC(=O)Nc2ccc(OC(F)(F)F)cc2)CCCC1. The number of nitrogens with zero attached hydrogens (tertiary/aromatic N) is 1. The second kappa shape index (κ2) is 10.7. The van der Waals surface area contributed by atoms with Gasteiger partial charge in [-0.1, -0.05) is 12.8 Å². The highest BCUT2D eigenvalue weighted by molar-refractivity contribution is 5.91. The summed E-state index contributed by atoms with van der Waals surface area (Å²) in [5.41, 5.74) is 0.0190. The Morgan fingerprint density at radius 3 is 2.23 bits per heavy atom. The first-order valence-electron chi connectivity index (χ1n) is 10.1. The number of nitrogens with one attached hydrogen (secondary N) is 2. The molecule has 1 aromatic rings. The number of rotatable bonds is 10. The number of alkyl halides is 3. The molecule has 30 heavy (non-hydrogen) atoms. The molecule has 1 aromatic carbocycles. The van der Waals surface area contributed by atoms with Gasteiger partial charge in [-0.05, 0) is 69.6 Å². The van der Waals surface area contributed by atoms with E-state index in [9.17, 15) is 22.8 Å². The third-order valence-corrected chi connectivity index (χ3v) is 5.21. The van der Waals surface area contributed by atoms with Crippen molar-refractivity contribution < 1.29 is 27.5 Å². The van der Waals surface area contributed by atoms with Gasteiger partial charge in [0.1, 0.15) is 5.75 Å². The average molecular weight is 429 g/mol. The second-order valence-corrected chi connectivity index (χ2v) is 8.19. The van der Waals surface area contributed by atoms with Crippen LogP contribution < -0.4 is 15.4 Å². The van der Waals surface area contributed by atoms with Crippen molar-refractivity contribution in [2.75, 3.05) is 32.5 Å². The van der Waals surface area contributed by atoms with Crippen LogP contribution in [-0.2, 0) is 9.59 Å². The molecule has 0 unspecified atom stereocenters. The highest BCUT2D eigenvalue weighted by Crippen LogP contribution is 2.44. The van der Waals surface area contributed by atoms with Crippen molar-refractivity contribution in [1.82, 2.24) is 10.2 Å². The molecule has 1 aliphatic rings. The molecule has 168 valence electrons. The minimum Gasteiger partial charge on any atom is -0.406 e. The normalized spacial score (nSPS) is 15.8. The topological polar surface area (TPSA) is 70.7 Å². The quantitative estimate of drug-likeness (QED) is 0.553. The molecule has 0 atom stereocenters. The molecule has 9 heteroatoms. The number of ether oxygens (including phenoxy) is 1. The number of anilines is 1. The van der Waals surface area contributed by atoms with Gasteiger partial charge in [0.25, 0.3) is 0 Å². The zero-order valence-electron chi connectivity index (χ0n) is 17.5. The predicted octanol–water partition coefficient (Wildman–Crippen LogP) is 3.93. The minimum atomic E-state index is -4.76. The number of benzene rings is 1. The van der Waals surface area contributed by atoms with Gasteiger partial charge in [-0.2, -0.15) is 0 Å². The molecule has 0 saturated heterocycles.